The van der Waals surface area contributed by atoms with Crippen LogP contribution in [0.2, 0.25) is 0 Å². The third-order valence-corrected chi connectivity index (χ3v) is 3.98. The number of carbonyl (C=O) groups is 1. The van der Waals surface area contributed by atoms with Crippen LogP contribution in [0.25, 0.3) is 5.82 Å². The molecule has 3 aromatic rings. The maximum Gasteiger partial charge on any atom is 0.260 e. The molecule has 0 atom stereocenters. The van der Waals surface area contributed by atoms with Gasteiger partial charge in [-0.25, -0.2) is 14.6 Å². The van der Waals surface area contributed by atoms with Gasteiger partial charge in [-0.3, -0.25) is 4.79 Å². The average Bonchev–Trinajstić information content (AvgIpc) is 3.04. The molecule has 1 amide bonds. The molecule has 9 nitrogen and oxygen atoms in total. The fourth-order valence-electron chi connectivity index (χ4n) is 2.56. The number of aromatic nitrogens is 6. The van der Waals surface area contributed by atoms with Crippen molar-refractivity contribution >= 4 is 11.7 Å². The van der Waals surface area contributed by atoms with Gasteiger partial charge in [0.15, 0.2) is 5.82 Å². The first-order valence-electron chi connectivity index (χ1n) is 8.64. The molecular formula is C18H21N7O2. The molecule has 1 N–H and O–H groups in total. The topological polar surface area (TPSA) is 108 Å². The lowest BCUT2D eigenvalue weighted by molar-refractivity contribution is 0.102. The summed E-state index contributed by atoms with van der Waals surface area (Å²) in [5.41, 5.74) is 1.94. The van der Waals surface area contributed by atoms with Crippen LogP contribution in [-0.4, -0.2) is 42.5 Å². The van der Waals surface area contributed by atoms with Gasteiger partial charge in [-0.2, -0.15) is 5.10 Å². The van der Waals surface area contributed by atoms with Crippen LogP contribution in [0.4, 0.5) is 5.82 Å². The highest BCUT2D eigenvalue weighted by molar-refractivity contribution is 6.04. The van der Waals surface area contributed by atoms with E-state index < -0.39 is 0 Å². The Balaban J connectivity index is 1.84. The third-order valence-electron chi connectivity index (χ3n) is 3.98. The van der Waals surface area contributed by atoms with Crippen LogP contribution >= 0.6 is 0 Å². The Morgan fingerprint density at radius 1 is 1.26 bits per heavy atom. The number of hydrogen-bond donors (Lipinski definition) is 1. The van der Waals surface area contributed by atoms with Crippen molar-refractivity contribution in [1.29, 1.82) is 0 Å². The van der Waals surface area contributed by atoms with Crippen molar-refractivity contribution < 1.29 is 9.53 Å². The highest BCUT2D eigenvalue weighted by Gasteiger charge is 2.18. The minimum atomic E-state index is -0.293. The van der Waals surface area contributed by atoms with E-state index in [9.17, 15) is 4.79 Å². The third kappa shape index (κ3) is 3.91. The smallest absolute Gasteiger partial charge is 0.260 e. The Bertz CT molecular complexity index is 935. The summed E-state index contributed by atoms with van der Waals surface area (Å²) >= 11 is 0. The molecule has 0 aromatic carbocycles. The molecule has 0 saturated heterocycles. The number of hydrogen-bond acceptors (Lipinski definition) is 7. The lowest BCUT2D eigenvalue weighted by Gasteiger charge is -2.11. The predicted molar refractivity (Wildman–Crippen MR) is 99.1 cm³/mol. The van der Waals surface area contributed by atoms with E-state index in [0.717, 1.165) is 5.56 Å². The Morgan fingerprint density at radius 3 is 2.74 bits per heavy atom. The molecule has 0 fully saturated rings. The van der Waals surface area contributed by atoms with Gasteiger partial charge in [-0.15, -0.1) is 10.2 Å². The van der Waals surface area contributed by atoms with Gasteiger partial charge in [-0.05, 0) is 25.8 Å². The predicted octanol–water partition coefficient (Wildman–Crippen LogP) is 2.54. The molecule has 140 valence electrons. The first-order valence-corrected chi connectivity index (χ1v) is 8.64. The summed E-state index contributed by atoms with van der Waals surface area (Å²) in [6.07, 6.45) is 4.62. The molecule has 0 aliphatic heterocycles. The van der Waals surface area contributed by atoms with Crippen molar-refractivity contribution in [3.05, 3.63) is 47.7 Å². The zero-order chi connectivity index (χ0) is 19.4. The number of amides is 1. The number of anilines is 1. The van der Waals surface area contributed by atoms with Gasteiger partial charge in [0, 0.05) is 17.8 Å². The lowest BCUT2D eigenvalue weighted by atomic mass is 10.1. The van der Waals surface area contributed by atoms with E-state index in [1.54, 1.807) is 29.9 Å². The Hall–Kier alpha value is -3.36. The van der Waals surface area contributed by atoms with Crippen LogP contribution in [-0.2, 0) is 0 Å². The van der Waals surface area contributed by atoms with E-state index in [1.807, 2.05) is 20.8 Å². The quantitative estimate of drug-likeness (QED) is 0.713. The van der Waals surface area contributed by atoms with Crippen LogP contribution in [0.3, 0.4) is 0 Å². The highest BCUT2D eigenvalue weighted by atomic mass is 16.5. The van der Waals surface area contributed by atoms with Crippen molar-refractivity contribution in [1.82, 2.24) is 29.9 Å². The molecule has 0 aliphatic carbocycles. The van der Waals surface area contributed by atoms with Crippen LogP contribution in [0.5, 0.6) is 5.88 Å². The summed E-state index contributed by atoms with van der Waals surface area (Å²) < 4.78 is 6.84. The summed E-state index contributed by atoms with van der Waals surface area (Å²) in [6, 6.07) is 3.45. The molecule has 3 heterocycles. The van der Waals surface area contributed by atoms with Gasteiger partial charge < -0.3 is 10.1 Å². The van der Waals surface area contributed by atoms with Crippen molar-refractivity contribution in [2.75, 3.05) is 11.9 Å². The summed E-state index contributed by atoms with van der Waals surface area (Å²) in [6.45, 7) is 8.22. The van der Waals surface area contributed by atoms with E-state index in [2.05, 4.69) is 30.6 Å². The lowest BCUT2D eigenvalue weighted by Crippen LogP contribution is -2.16. The van der Waals surface area contributed by atoms with E-state index >= 15 is 0 Å². The van der Waals surface area contributed by atoms with Gasteiger partial charge in [0.2, 0.25) is 5.88 Å². The first kappa shape index (κ1) is 18.4. The number of nitrogens with one attached hydrogen (secondary N) is 1. The van der Waals surface area contributed by atoms with E-state index in [4.69, 9.17) is 4.74 Å². The summed E-state index contributed by atoms with van der Waals surface area (Å²) in [5, 5.41) is 15.2. The van der Waals surface area contributed by atoms with Crippen molar-refractivity contribution in [3.8, 4) is 11.7 Å². The fraction of sp³-hybridized carbons (Fsp3) is 0.333. The summed E-state index contributed by atoms with van der Waals surface area (Å²) in [7, 11) is 0. The second kappa shape index (κ2) is 7.90. The Morgan fingerprint density at radius 2 is 2.07 bits per heavy atom. The van der Waals surface area contributed by atoms with E-state index in [0.29, 0.717) is 35.4 Å². The maximum atomic E-state index is 12.7. The molecule has 0 radical (unpaired) electrons. The summed E-state index contributed by atoms with van der Waals surface area (Å²) in [5.74, 6) is 1.33. The standard InChI is InChI=1S/C18H21N7O2/c1-5-27-16-7-6-15(23-24-16)25-12(4)14(9-21-25)18(26)22-17-13(11(2)3)8-19-10-20-17/h6-11H,5H2,1-4H3,(H,19,20,22,26). The minimum Gasteiger partial charge on any atom is -0.477 e. The average molecular weight is 367 g/mol. The van der Waals surface area contributed by atoms with Crippen LogP contribution in [0.1, 0.15) is 48.3 Å². The SMILES string of the molecule is CCOc1ccc(-n2ncc(C(=O)Nc3ncncc3C(C)C)c2C)nn1. The normalized spacial score (nSPS) is 10.9. The van der Waals surface area contributed by atoms with Gasteiger partial charge in [-0.1, -0.05) is 13.8 Å². The summed E-state index contributed by atoms with van der Waals surface area (Å²) in [4.78, 5) is 20.9. The van der Waals surface area contributed by atoms with Crippen molar-refractivity contribution in [3.63, 3.8) is 0 Å². The molecule has 0 spiro atoms. The Kier molecular flexibility index (Phi) is 5.39. The molecular weight excluding hydrogens is 346 g/mol. The minimum absolute atomic E-state index is 0.185. The fourth-order valence-corrected chi connectivity index (χ4v) is 2.56. The molecule has 9 heteroatoms. The molecule has 0 saturated carbocycles. The van der Waals surface area contributed by atoms with Gasteiger partial charge in [0.25, 0.3) is 5.91 Å². The maximum absolute atomic E-state index is 12.7. The number of carbonyl (C=O) groups excluding carboxylic acids is 1. The van der Waals surface area contributed by atoms with E-state index in [1.165, 1.54) is 12.5 Å². The molecule has 0 unspecified atom stereocenters. The number of rotatable bonds is 6. The zero-order valence-corrected chi connectivity index (χ0v) is 15.7. The highest BCUT2D eigenvalue weighted by Crippen LogP contribution is 2.22. The van der Waals surface area contributed by atoms with Crippen molar-refractivity contribution in [2.45, 2.75) is 33.6 Å². The van der Waals surface area contributed by atoms with Gasteiger partial charge >= 0.3 is 0 Å². The monoisotopic (exact) mass is 367 g/mol. The number of ether oxygens (including phenoxy) is 1. The molecule has 27 heavy (non-hydrogen) atoms. The first-order chi connectivity index (χ1) is 13.0. The zero-order valence-electron chi connectivity index (χ0n) is 15.7. The van der Waals surface area contributed by atoms with Gasteiger partial charge in [0.1, 0.15) is 12.1 Å². The second-order valence-electron chi connectivity index (χ2n) is 6.15. The molecule has 3 rings (SSSR count). The van der Waals surface area contributed by atoms with Crippen LogP contribution < -0.4 is 10.1 Å². The van der Waals surface area contributed by atoms with Crippen LogP contribution in [0.15, 0.2) is 30.9 Å². The van der Waals surface area contributed by atoms with Gasteiger partial charge in [0.05, 0.1) is 24.1 Å². The van der Waals surface area contributed by atoms with E-state index in [-0.39, 0.29) is 11.8 Å². The number of nitrogens with zero attached hydrogens (tertiary/aromatic N) is 6. The molecule has 0 bridgehead atoms. The largest absolute Gasteiger partial charge is 0.477 e. The second-order valence-corrected chi connectivity index (χ2v) is 6.15. The van der Waals surface area contributed by atoms with Crippen molar-refractivity contribution in [2.24, 2.45) is 0 Å². The molecule has 3 aromatic heterocycles. The Labute approximate surface area is 156 Å². The van der Waals surface area contributed by atoms with Crippen LogP contribution in [0, 0.1) is 6.92 Å². The molecule has 0 aliphatic rings.